The van der Waals surface area contributed by atoms with Gasteiger partial charge in [-0.05, 0) is 6.92 Å². The minimum Gasteiger partial charge on any atom is -0.479 e. The van der Waals surface area contributed by atoms with Gasteiger partial charge in [0.05, 0.1) is 0 Å². The number of carbonyl (C=O) groups is 1. The molecule has 1 atom stereocenters. The first kappa shape index (κ1) is 28.9. The molecule has 0 bridgehead atoms. The molecule has 3 nitrogen and oxygen atoms in total. The molecule has 0 fully saturated rings. The molecule has 0 aromatic heterocycles. The van der Waals surface area contributed by atoms with Crippen LogP contribution in [0.5, 0.6) is 0 Å². The third-order valence-corrected chi connectivity index (χ3v) is 3.71. The quantitative estimate of drug-likeness (QED) is 0.286. The van der Waals surface area contributed by atoms with Crippen molar-refractivity contribution < 1.29 is 66.4 Å². The minimum absolute atomic E-state index is 0. The zero-order valence-electron chi connectivity index (χ0n) is 16.0. The molecule has 2 N–H and O–H groups in total. The Labute approximate surface area is 187 Å². The second kappa shape index (κ2) is 25.3. The molecular formula is C19H39KO3. The van der Waals surface area contributed by atoms with Crippen LogP contribution in [0.25, 0.3) is 0 Å². The van der Waals surface area contributed by atoms with Crippen LogP contribution >= 0.6 is 0 Å². The number of aliphatic hydroxyl groups is 1. The van der Waals surface area contributed by atoms with Crippen molar-refractivity contribution in [3.8, 4) is 0 Å². The fraction of sp³-hybridized carbons (Fsp3) is 0.895. The third-order valence-electron chi connectivity index (χ3n) is 3.71. The Balaban J connectivity index is -0.000000487. The second-order valence-corrected chi connectivity index (χ2v) is 6.11. The summed E-state index contributed by atoms with van der Waals surface area (Å²) in [4.78, 5) is 9.45. The van der Waals surface area contributed by atoms with Crippen molar-refractivity contribution in [2.24, 2.45) is 0 Å². The Morgan fingerprint density at radius 2 is 1.09 bits per heavy atom. The van der Waals surface area contributed by atoms with E-state index in [4.69, 9.17) is 10.2 Å². The van der Waals surface area contributed by atoms with Crippen molar-refractivity contribution in [3.05, 3.63) is 6.92 Å². The summed E-state index contributed by atoms with van der Waals surface area (Å²) in [6.07, 6.45) is 18.6. The van der Waals surface area contributed by atoms with Gasteiger partial charge in [0.1, 0.15) is 6.10 Å². The Bertz CT molecular complexity index is 207. The van der Waals surface area contributed by atoms with Gasteiger partial charge >= 0.3 is 57.4 Å². The first-order chi connectivity index (χ1) is 10.6. The molecule has 0 radical (unpaired) electrons. The van der Waals surface area contributed by atoms with E-state index in [2.05, 4.69) is 13.8 Å². The van der Waals surface area contributed by atoms with Crippen LogP contribution in [0.3, 0.4) is 0 Å². The SMILES string of the molecule is CC(O)C(=O)O.[CH2-]CCCCCCCCCCCCCCC.[K+]. The Kier molecular flexibility index (Phi) is 31.7. The number of aliphatic hydroxyl groups excluding tert-OH is 1. The largest absolute Gasteiger partial charge is 1.00 e. The number of carboxylic acids is 1. The van der Waals surface area contributed by atoms with Crippen molar-refractivity contribution >= 4 is 5.97 Å². The molecule has 0 heterocycles. The molecule has 0 rings (SSSR count). The molecule has 0 aliphatic rings. The van der Waals surface area contributed by atoms with Crippen LogP contribution in [0.1, 0.15) is 104 Å². The summed E-state index contributed by atoms with van der Waals surface area (Å²) in [6, 6.07) is 0. The van der Waals surface area contributed by atoms with Gasteiger partial charge in [-0.1, -0.05) is 90.4 Å². The molecule has 4 heteroatoms. The number of hydrogen-bond donors (Lipinski definition) is 2. The second-order valence-electron chi connectivity index (χ2n) is 6.11. The van der Waals surface area contributed by atoms with Crippen LogP contribution in [-0.2, 0) is 4.79 Å². The standard InChI is InChI=1S/C16H33.C3H6O3.K/c1-3-5-7-9-11-13-15-16-14-12-10-8-6-4-2;1-2(4)3(5)6;/h1,3-16H2,2H3;2,4H,1H3,(H,5,6);/q-1;;+1. The molecule has 0 aromatic carbocycles. The van der Waals surface area contributed by atoms with E-state index in [0.29, 0.717) is 0 Å². The van der Waals surface area contributed by atoms with Gasteiger partial charge in [-0.15, -0.1) is 0 Å². The van der Waals surface area contributed by atoms with E-state index in [1.807, 2.05) is 0 Å². The third kappa shape index (κ3) is 31.4. The maximum atomic E-state index is 9.45. The molecule has 23 heavy (non-hydrogen) atoms. The zero-order valence-corrected chi connectivity index (χ0v) is 19.1. The molecular weight excluding hydrogens is 315 g/mol. The first-order valence-corrected chi connectivity index (χ1v) is 9.26. The summed E-state index contributed by atoms with van der Waals surface area (Å²) in [5.74, 6) is -1.19. The molecule has 134 valence electrons. The van der Waals surface area contributed by atoms with Crippen LogP contribution in [-0.4, -0.2) is 22.3 Å². The summed E-state index contributed by atoms with van der Waals surface area (Å²) in [7, 11) is 0. The van der Waals surface area contributed by atoms with E-state index < -0.39 is 12.1 Å². The van der Waals surface area contributed by atoms with Gasteiger partial charge in [-0.2, -0.15) is 6.42 Å². The summed E-state index contributed by atoms with van der Waals surface area (Å²) >= 11 is 0. The predicted molar refractivity (Wildman–Crippen MR) is 95.0 cm³/mol. The predicted octanol–water partition coefficient (Wildman–Crippen LogP) is 2.76. The number of unbranched alkanes of at least 4 members (excludes halogenated alkanes) is 13. The fourth-order valence-corrected chi connectivity index (χ4v) is 2.19. The van der Waals surface area contributed by atoms with Crippen molar-refractivity contribution in [2.45, 2.75) is 110 Å². The van der Waals surface area contributed by atoms with Gasteiger partial charge in [0.15, 0.2) is 0 Å². The van der Waals surface area contributed by atoms with E-state index in [9.17, 15) is 4.79 Å². The van der Waals surface area contributed by atoms with E-state index >= 15 is 0 Å². The molecule has 1 unspecified atom stereocenters. The van der Waals surface area contributed by atoms with Gasteiger partial charge in [0, 0.05) is 0 Å². The Hall–Kier alpha value is 1.07. The molecule has 0 aromatic rings. The zero-order chi connectivity index (χ0) is 17.1. The molecule has 0 spiro atoms. The van der Waals surface area contributed by atoms with Crippen LogP contribution in [0.4, 0.5) is 0 Å². The first-order valence-electron chi connectivity index (χ1n) is 9.26. The minimum atomic E-state index is -1.23. The van der Waals surface area contributed by atoms with Gasteiger partial charge in [0.25, 0.3) is 0 Å². The number of rotatable bonds is 14. The van der Waals surface area contributed by atoms with Crippen molar-refractivity contribution in [3.63, 3.8) is 0 Å². The summed E-state index contributed by atoms with van der Waals surface area (Å²) in [6.45, 7) is 7.36. The maximum Gasteiger partial charge on any atom is 1.00 e. The van der Waals surface area contributed by atoms with E-state index in [1.165, 1.54) is 90.4 Å². The van der Waals surface area contributed by atoms with Crippen LogP contribution in [0.15, 0.2) is 0 Å². The topological polar surface area (TPSA) is 57.5 Å². The summed E-state index contributed by atoms with van der Waals surface area (Å²) in [5.41, 5.74) is 0. The van der Waals surface area contributed by atoms with Crippen molar-refractivity contribution in [1.29, 1.82) is 0 Å². The Morgan fingerprint density at radius 1 is 0.826 bits per heavy atom. The van der Waals surface area contributed by atoms with E-state index in [-0.39, 0.29) is 51.4 Å². The monoisotopic (exact) mass is 354 g/mol. The number of hydrogen-bond acceptors (Lipinski definition) is 2. The van der Waals surface area contributed by atoms with Crippen molar-refractivity contribution in [2.75, 3.05) is 0 Å². The van der Waals surface area contributed by atoms with E-state index in [0.717, 1.165) is 6.42 Å². The van der Waals surface area contributed by atoms with Crippen LogP contribution < -0.4 is 51.4 Å². The normalized spacial score (nSPS) is 11.1. The molecule has 0 saturated heterocycles. The fourth-order valence-electron chi connectivity index (χ4n) is 2.19. The van der Waals surface area contributed by atoms with Gasteiger partial charge in [0.2, 0.25) is 0 Å². The average Bonchev–Trinajstić information content (AvgIpc) is 2.49. The smallest absolute Gasteiger partial charge is 0.479 e. The van der Waals surface area contributed by atoms with Crippen LogP contribution in [0, 0.1) is 6.92 Å². The number of carboxylic acid groups (broad SMARTS) is 1. The average molecular weight is 355 g/mol. The molecule has 0 aliphatic heterocycles. The van der Waals surface area contributed by atoms with E-state index in [1.54, 1.807) is 0 Å². The number of aliphatic carboxylic acids is 1. The molecule has 0 amide bonds. The van der Waals surface area contributed by atoms with Gasteiger partial charge in [-0.3, -0.25) is 0 Å². The van der Waals surface area contributed by atoms with Crippen molar-refractivity contribution in [1.82, 2.24) is 0 Å². The molecule has 0 saturated carbocycles. The van der Waals surface area contributed by atoms with Gasteiger partial charge in [-0.25, -0.2) is 4.79 Å². The van der Waals surface area contributed by atoms with Crippen LogP contribution in [0.2, 0.25) is 0 Å². The molecule has 0 aliphatic carbocycles. The summed E-state index contributed by atoms with van der Waals surface area (Å²) < 4.78 is 0. The maximum absolute atomic E-state index is 9.45. The Morgan fingerprint density at radius 3 is 1.30 bits per heavy atom. The van der Waals surface area contributed by atoms with Gasteiger partial charge < -0.3 is 17.1 Å². The summed E-state index contributed by atoms with van der Waals surface area (Å²) in [5, 5.41) is 15.8.